The number of rotatable bonds is 16. The van der Waals surface area contributed by atoms with Crippen molar-refractivity contribution in [2.75, 3.05) is 13.2 Å². The van der Waals surface area contributed by atoms with E-state index < -0.39 is 5.92 Å². The molecule has 2 aromatic carbocycles. The number of pyridine rings is 2. The van der Waals surface area contributed by atoms with E-state index in [1.54, 1.807) is 54.7 Å². The molecule has 1 unspecified atom stereocenters. The molecule has 0 bridgehead atoms. The average Bonchev–Trinajstić information content (AvgIpc) is 3.62. The third-order valence-electron chi connectivity index (χ3n) is 8.26. The number of hydrogen-bond acceptors (Lipinski definition) is 12. The van der Waals surface area contributed by atoms with Crippen molar-refractivity contribution < 1.29 is 29.3 Å². The third-order valence-corrected chi connectivity index (χ3v) is 10.1. The molecule has 1 atom stereocenters. The molecule has 0 spiro atoms. The van der Waals surface area contributed by atoms with Gasteiger partial charge in [-0.05, 0) is 65.1 Å². The number of aromatic amines is 1. The van der Waals surface area contributed by atoms with Crippen molar-refractivity contribution in [3.05, 3.63) is 148 Å². The molecule has 4 aromatic heterocycles. The summed E-state index contributed by atoms with van der Waals surface area (Å²) in [4.78, 5) is 60.0. The molecule has 14 heteroatoms. The third kappa shape index (κ3) is 8.89. The van der Waals surface area contributed by atoms with E-state index in [4.69, 9.17) is 9.47 Å². The van der Waals surface area contributed by atoms with Crippen LogP contribution in [0.4, 0.5) is 0 Å². The number of hydrogen-bond donors (Lipinski definition) is 3. The number of nitrogens with one attached hydrogen (secondary N) is 1. The molecule has 0 fully saturated rings. The molecular weight excluding hydrogens is 705 g/mol. The van der Waals surface area contributed by atoms with Gasteiger partial charge in [0.15, 0.2) is 6.61 Å². The first-order valence-electron chi connectivity index (χ1n) is 16.3. The molecule has 0 saturated carbocycles. The van der Waals surface area contributed by atoms with E-state index >= 15 is 0 Å². The number of nitrogens with zero attached hydrogens (tertiary/aromatic N) is 3. The molecule has 52 heavy (non-hydrogen) atoms. The van der Waals surface area contributed by atoms with Crippen LogP contribution in [0.2, 0.25) is 0 Å². The van der Waals surface area contributed by atoms with Gasteiger partial charge in [-0.1, -0.05) is 66.0 Å². The van der Waals surface area contributed by atoms with Crippen LogP contribution in [0, 0.1) is 0 Å². The van der Waals surface area contributed by atoms with Gasteiger partial charge >= 0.3 is 9.75 Å². The quantitative estimate of drug-likeness (QED) is 0.0877. The molecule has 0 saturated heterocycles. The lowest BCUT2D eigenvalue weighted by Crippen LogP contribution is -2.15. The van der Waals surface area contributed by atoms with Gasteiger partial charge in [-0.2, -0.15) is 0 Å². The van der Waals surface area contributed by atoms with Gasteiger partial charge in [-0.3, -0.25) is 33.9 Å². The van der Waals surface area contributed by atoms with E-state index in [2.05, 4.69) is 15.0 Å². The Balaban J connectivity index is 0.996. The van der Waals surface area contributed by atoms with Crippen LogP contribution in [0.5, 0.6) is 23.3 Å². The van der Waals surface area contributed by atoms with E-state index in [0.29, 0.717) is 45.4 Å². The number of thiazole rings is 2. The van der Waals surface area contributed by atoms with Gasteiger partial charge in [-0.15, -0.1) is 0 Å². The van der Waals surface area contributed by atoms with Crippen molar-refractivity contribution in [1.29, 1.82) is 0 Å². The Labute approximate surface area is 305 Å². The predicted molar refractivity (Wildman–Crippen MR) is 196 cm³/mol. The highest BCUT2D eigenvalue weighted by molar-refractivity contribution is 7.09. The molecule has 266 valence electrons. The van der Waals surface area contributed by atoms with Gasteiger partial charge < -0.3 is 24.5 Å². The predicted octanol–water partition coefficient (Wildman–Crippen LogP) is 5.28. The number of Topliss-reactive ketones (excluding diaryl/α,β-unsaturated/α-hetero) is 1. The zero-order valence-electron chi connectivity index (χ0n) is 28.0. The Morgan fingerprint density at radius 2 is 1.46 bits per heavy atom. The summed E-state index contributed by atoms with van der Waals surface area (Å²) in [5.41, 5.74) is 4.28. The second kappa shape index (κ2) is 16.4. The van der Waals surface area contributed by atoms with E-state index in [1.165, 1.54) is 10.8 Å². The molecule has 0 aliphatic heterocycles. The topological polar surface area (TPSA) is 174 Å². The minimum absolute atomic E-state index is 0.0730. The molecule has 6 rings (SSSR count). The fourth-order valence-electron chi connectivity index (χ4n) is 5.28. The van der Waals surface area contributed by atoms with Crippen LogP contribution in [0.15, 0.2) is 94.8 Å². The molecule has 6 aromatic rings. The Bertz CT molecular complexity index is 2260. The van der Waals surface area contributed by atoms with Crippen LogP contribution in [0.25, 0.3) is 0 Å². The molecule has 4 heterocycles. The van der Waals surface area contributed by atoms with Gasteiger partial charge in [0.2, 0.25) is 17.5 Å². The SMILES string of the molecule is CCc1ccc(C(C=O)COc2ccc(Cc3sc(=O)n(Cc4ccc(C(=O)COc5ccc(Cc6sc(=O)[nH]c6O)cc5)nc4)c3O)cc2)nc1. The van der Waals surface area contributed by atoms with Crippen LogP contribution in [-0.4, -0.2) is 55.0 Å². The first kappa shape index (κ1) is 35.9. The van der Waals surface area contributed by atoms with Gasteiger partial charge in [0, 0.05) is 25.2 Å². The number of ketones is 1. The first-order chi connectivity index (χ1) is 25.2. The minimum Gasteiger partial charge on any atom is -0.494 e. The largest absolute Gasteiger partial charge is 0.494 e. The minimum atomic E-state index is -0.494. The molecule has 0 amide bonds. The molecule has 0 aliphatic rings. The summed E-state index contributed by atoms with van der Waals surface area (Å²) < 4.78 is 12.7. The smallest absolute Gasteiger partial charge is 0.310 e. The second-order valence-corrected chi connectivity index (χ2v) is 14.0. The molecule has 12 nitrogen and oxygen atoms in total. The summed E-state index contributed by atoms with van der Waals surface area (Å²) in [7, 11) is 0. The molecular formula is C38H34N4O8S2. The molecule has 3 N–H and O–H groups in total. The van der Waals surface area contributed by atoms with Crippen LogP contribution in [-0.2, 0) is 30.6 Å². The summed E-state index contributed by atoms with van der Waals surface area (Å²) >= 11 is 1.90. The number of aldehydes is 1. The van der Waals surface area contributed by atoms with Crippen molar-refractivity contribution >= 4 is 34.7 Å². The lowest BCUT2D eigenvalue weighted by molar-refractivity contribution is -0.109. The lowest BCUT2D eigenvalue weighted by atomic mass is 10.1. The van der Waals surface area contributed by atoms with Crippen LogP contribution < -0.4 is 19.2 Å². The van der Waals surface area contributed by atoms with E-state index in [-0.39, 0.29) is 52.7 Å². The number of aromatic nitrogens is 4. The lowest BCUT2D eigenvalue weighted by Gasteiger charge is -2.12. The van der Waals surface area contributed by atoms with E-state index in [0.717, 1.165) is 52.1 Å². The fourth-order valence-corrected chi connectivity index (χ4v) is 6.95. The maximum absolute atomic E-state index is 12.8. The number of H-pyrrole nitrogens is 1. The monoisotopic (exact) mass is 738 g/mol. The van der Waals surface area contributed by atoms with Gasteiger partial charge in [0.05, 0.1) is 27.9 Å². The average molecular weight is 739 g/mol. The van der Waals surface area contributed by atoms with Crippen molar-refractivity contribution in [3.8, 4) is 23.3 Å². The van der Waals surface area contributed by atoms with Crippen LogP contribution in [0.3, 0.4) is 0 Å². The molecule has 0 radical (unpaired) electrons. The van der Waals surface area contributed by atoms with E-state index in [9.17, 15) is 29.4 Å². The normalized spacial score (nSPS) is 11.6. The first-order valence-corrected chi connectivity index (χ1v) is 18.0. The summed E-state index contributed by atoms with van der Waals surface area (Å²) in [5, 5.41) is 20.7. The number of carbonyl (C=O) groups excluding carboxylic acids is 2. The summed E-state index contributed by atoms with van der Waals surface area (Å²) in [6, 6.07) is 21.2. The highest BCUT2D eigenvalue weighted by Gasteiger charge is 2.17. The summed E-state index contributed by atoms with van der Waals surface area (Å²) in [6.07, 6.45) is 5.66. The summed E-state index contributed by atoms with van der Waals surface area (Å²) in [6.45, 7) is 2.02. The Morgan fingerprint density at radius 3 is 2.04 bits per heavy atom. The van der Waals surface area contributed by atoms with Crippen molar-refractivity contribution in [3.63, 3.8) is 0 Å². The Morgan fingerprint density at radius 1 is 0.827 bits per heavy atom. The number of benzene rings is 2. The standard InChI is InChI=1S/C38H34N4O8S2/c1-2-23-7-13-30(39-17-23)27(20-43)21-49-28-9-5-25(6-10-28)16-34-36(46)42(38(48)52-34)19-26-8-14-31(40-18-26)32(44)22-50-29-11-3-24(4-12-29)15-33-35(45)41-37(47)51-33/h3-14,17-18,20,27,45-46H,2,15-16,19,21-22H2,1H3,(H,41,47). The van der Waals surface area contributed by atoms with Crippen molar-refractivity contribution in [2.24, 2.45) is 0 Å². The maximum Gasteiger partial charge on any atom is 0.310 e. The van der Waals surface area contributed by atoms with Crippen LogP contribution in [0.1, 0.15) is 61.0 Å². The van der Waals surface area contributed by atoms with Crippen LogP contribution >= 0.6 is 22.7 Å². The Hall–Kier alpha value is -5.86. The highest BCUT2D eigenvalue weighted by atomic mass is 32.1. The van der Waals surface area contributed by atoms with Gasteiger partial charge in [0.1, 0.15) is 30.1 Å². The van der Waals surface area contributed by atoms with Crippen molar-refractivity contribution in [2.45, 2.75) is 38.6 Å². The zero-order chi connectivity index (χ0) is 36.6. The number of carbonyl (C=O) groups is 2. The van der Waals surface area contributed by atoms with E-state index in [1.807, 2.05) is 31.2 Å². The summed E-state index contributed by atoms with van der Waals surface area (Å²) in [5.74, 6) is -0.0451. The number of aromatic hydroxyl groups is 2. The maximum atomic E-state index is 12.8. The molecule has 0 aliphatic carbocycles. The van der Waals surface area contributed by atoms with Crippen molar-refractivity contribution in [1.82, 2.24) is 19.5 Å². The fraction of sp³-hybridized carbons (Fsp3) is 0.211. The van der Waals surface area contributed by atoms with Gasteiger partial charge in [0.25, 0.3) is 0 Å². The zero-order valence-corrected chi connectivity index (χ0v) is 29.6. The second-order valence-electron chi connectivity index (χ2n) is 11.9. The number of ether oxygens (including phenoxy) is 2. The number of aryl methyl sites for hydroxylation is 1. The van der Waals surface area contributed by atoms with Gasteiger partial charge in [-0.25, -0.2) is 0 Å². The highest BCUT2D eigenvalue weighted by Crippen LogP contribution is 2.26. The Kier molecular flexibility index (Phi) is 11.4.